The number of hydrogen-bond donors (Lipinski definition) is 2. The van der Waals surface area contributed by atoms with Crippen LogP contribution in [-0.2, 0) is 10.3 Å². The van der Waals surface area contributed by atoms with Gasteiger partial charge in [-0.25, -0.2) is 4.79 Å². The molecule has 0 bridgehead atoms. The molecule has 1 aromatic rings. The second-order valence-corrected chi connectivity index (χ2v) is 6.06. The van der Waals surface area contributed by atoms with Crippen molar-refractivity contribution in [2.45, 2.75) is 31.7 Å². The third kappa shape index (κ3) is 4.05. The molecule has 1 saturated carbocycles. The van der Waals surface area contributed by atoms with Crippen LogP contribution in [-0.4, -0.2) is 42.7 Å². The third-order valence-electron chi connectivity index (χ3n) is 4.25. The Labute approximate surface area is 127 Å². The Hall–Kier alpha value is -1.39. The minimum Gasteiger partial charge on any atom is -0.480 e. The van der Waals surface area contributed by atoms with E-state index in [9.17, 15) is 9.90 Å². The molecule has 0 heterocycles. The topological polar surface area (TPSA) is 52.6 Å². The Balaban J connectivity index is 2.12. The van der Waals surface area contributed by atoms with Gasteiger partial charge in [0.05, 0.1) is 0 Å². The summed E-state index contributed by atoms with van der Waals surface area (Å²) in [5, 5.41) is 13.0. The number of nitrogens with zero attached hydrogens (tertiary/aromatic N) is 1. The van der Waals surface area contributed by atoms with Gasteiger partial charge in [-0.15, -0.1) is 0 Å². The van der Waals surface area contributed by atoms with Gasteiger partial charge < -0.3 is 10.0 Å². The molecule has 116 valence electrons. The van der Waals surface area contributed by atoms with Gasteiger partial charge >= 0.3 is 5.97 Å². The Kier molecular flexibility index (Phi) is 5.37. The lowest BCUT2D eigenvalue weighted by Crippen LogP contribution is -2.51. The molecule has 0 saturated heterocycles. The van der Waals surface area contributed by atoms with Crippen LogP contribution >= 0.6 is 0 Å². The van der Waals surface area contributed by atoms with Crippen molar-refractivity contribution in [1.82, 2.24) is 10.2 Å². The highest BCUT2D eigenvalue weighted by Crippen LogP contribution is 2.30. The van der Waals surface area contributed by atoms with E-state index in [-0.39, 0.29) is 0 Å². The minimum absolute atomic E-state index is 0.573. The quantitative estimate of drug-likeness (QED) is 0.733. The highest BCUT2D eigenvalue weighted by molar-refractivity contribution is 5.80. The fourth-order valence-electron chi connectivity index (χ4n) is 2.86. The molecule has 1 aliphatic rings. The molecule has 21 heavy (non-hydrogen) atoms. The zero-order valence-corrected chi connectivity index (χ0v) is 13.0. The lowest BCUT2D eigenvalue weighted by Gasteiger charge is -2.32. The molecule has 0 amide bonds. The van der Waals surface area contributed by atoms with Gasteiger partial charge in [-0.05, 0) is 44.3 Å². The van der Waals surface area contributed by atoms with E-state index >= 15 is 0 Å². The van der Waals surface area contributed by atoms with Crippen molar-refractivity contribution >= 4 is 5.97 Å². The Morgan fingerprint density at radius 2 is 2.05 bits per heavy atom. The van der Waals surface area contributed by atoms with E-state index in [1.54, 1.807) is 0 Å². The second-order valence-electron chi connectivity index (χ2n) is 6.06. The molecule has 1 atom stereocenters. The molecule has 4 heteroatoms. The van der Waals surface area contributed by atoms with Gasteiger partial charge in [0.1, 0.15) is 5.54 Å². The zero-order chi connectivity index (χ0) is 15.3. The van der Waals surface area contributed by atoms with E-state index in [0.29, 0.717) is 13.0 Å². The van der Waals surface area contributed by atoms with E-state index in [0.717, 1.165) is 24.6 Å². The van der Waals surface area contributed by atoms with Crippen LogP contribution in [0.15, 0.2) is 30.3 Å². The summed E-state index contributed by atoms with van der Waals surface area (Å²) in [6.45, 7) is 4.45. The predicted octanol–water partition coefficient (Wildman–Crippen LogP) is 2.31. The number of hydrogen-bond acceptors (Lipinski definition) is 3. The van der Waals surface area contributed by atoms with Crippen LogP contribution < -0.4 is 5.32 Å². The van der Waals surface area contributed by atoms with Gasteiger partial charge in [-0.2, -0.15) is 0 Å². The number of aliphatic carboxylic acids is 1. The van der Waals surface area contributed by atoms with Gasteiger partial charge in [0.15, 0.2) is 0 Å². The van der Waals surface area contributed by atoms with E-state index in [4.69, 9.17) is 0 Å². The smallest absolute Gasteiger partial charge is 0.328 e. The van der Waals surface area contributed by atoms with Crippen molar-refractivity contribution in [3.05, 3.63) is 35.9 Å². The summed E-state index contributed by atoms with van der Waals surface area (Å²) >= 11 is 0. The standard InChI is InChI=1S/C17H26N2O2/c1-3-18-17(16(20)21,15-7-5-4-6-8-15)11-12-19(2)13-14-9-10-14/h4-8,14,18H,3,9-13H2,1-2H3,(H,20,21). The summed E-state index contributed by atoms with van der Waals surface area (Å²) in [6, 6.07) is 9.52. The first-order valence-corrected chi connectivity index (χ1v) is 7.81. The second kappa shape index (κ2) is 7.05. The maximum atomic E-state index is 12.0. The highest BCUT2D eigenvalue weighted by Gasteiger charge is 2.39. The van der Waals surface area contributed by atoms with Gasteiger partial charge in [0, 0.05) is 13.1 Å². The lowest BCUT2D eigenvalue weighted by molar-refractivity contribution is -0.146. The van der Waals surface area contributed by atoms with E-state index in [1.807, 2.05) is 37.3 Å². The van der Waals surface area contributed by atoms with Crippen molar-refractivity contribution in [1.29, 1.82) is 0 Å². The normalized spacial score (nSPS) is 17.7. The van der Waals surface area contributed by atoms with Crippen molar-refractivity contribution in [3.63, 3.8) is 0 Å². The van der Waals surface area contributed by atoms with Crippen LogP contribution in [0.4, 0.5) is 0 Å². The van der Waals surface area contributed by atoms with Crippen molar-refractivity contribution in [2.24, 2.45) is 5.92 Å². The Bertz CT molecular complexity index is 459. The monoisotopic (exact) mass is 290 g/mol. The van der Waals surface area contributed by atoms with Gasteiger partial charge in [0.2, 0.25) is 0 Å². The maximum absolute atomic E-state index is 12.0. The molecule has 2 N–H and O–H groups in total. The van der Waals surface area contributed by atoms with Crippen molar-refractivity contribution in [3.8, 4) is 0 Å². The summed E-state index contributed by atoms with van der Waals surface area (Å²) in [6.07, 6.45) is 3.21. The molecule has 1 unspecified atom stereocenters. The number of benzene rings is 1. The van der Waals surface area contributed by atoms with Gasteiger partial charge in [0.25, 0.3) is 0 Å². The largest absolute Gasteiger partial charge is 0.480 e. The van der Waals surface area contributed by atoms with Crippen LogP contribution in [0.3, 0.4) is 0 Å². The van der Waals surface area contributed by atoms with Gasteiger partial charge in [-0.3, -0.25) is 5.32 Å². The first-order valence-electron chi connectivity index (χ1n) is 7.81. The first-order chi connectivity index (χ1) is 10.1. The van der Waals surface area contributed by atoms with E-state index in [1.165, 1.54) is 12.8 Å². The molecule has 4 nitrogen and oxygen atoms in total. The summed E-state index contributed by atoms with van der Waals surface area (Å²) in [5.41, 5.74) is -0.160. The zero-order valence-electron chi connectivity index (χ0n) is 13.0. The lowest BCUT2D eigenvalue weighted by atomic mass is 9.86. The number of carboxylic acid groups (broad SMARTS) is 1. The van der Waals surface area contributed by atoms with Crippen LogP contribution in [0.2, 0.25) is 0 Å². The van der Waals surface area contributed by atoms with E-state index < -0.39 is 11.5 Å². The van der Waals surface area contributed by atoms with Crippen LogP contribution in [0.5, 0.6) is 0 Å². The Morgan fingerprint density at radius 1 is 1.38 bits per heavy atom. The number of carboxylic acids is 1. The number of carbonyl (C=O) groups is 1. The fourth-order valence-corrected chi connectivity index (χ4v) is 2.86. The average molecular weight is 290 g/mol. The maximum Gasteiger partial charge on any atom is 0.328 e. The van der Waals surface area contributed by atoms with Crippen LogP contribution in [0, 0.1) is 5.92 Å². The molecule has 0 radical (unpaired) electrons. The SMILES string of the molecule is CCNC(CCN(C)CC1CC1)(C(=O)O)c1ccccc1. The molecule has 0 aliphatic heterocycles. The first kappa shape index (κ1) is 16.0. The number of nitrogens with one attached hydrogen (secondary N) is 1. The van der Waals surface area contributed by atoms with Crippen LogP contribution in [0.25, 0.3) is 0 Å². The molecular weight excluding hydrogens is 264 g/mol. The molecule has 0 aromatic heterocycles. The molecule has 1 aliphatic carbocycles. The molecule has 0 spiro atoms. The fraction of sp³-hybridized carbons (Fsp3) is 0.588. The third-order valence-corrected chi connectivity index (χ3v) is 4.25. The number of likely N-dealkylation sites (N-methyl/N-ethyl adjacent to an activating group) is 1. The van der Waals surface area contributed by atoms with Crippen LogP contribution in [0.1, 0.15) is 31.7 Å². The summed E-state index contributed by atoms with van der Waals surface area (Å²) in [5.74, 6) is 0.0282. The minimum atomic E-state index is -0.992. The summed E-state index contributed by atoms with van der Waals surface area (Å²) in [4.78, 5) is 14.2. The van der Waals surface area contributed by atoms with Crippen molar-refractivity contribution in [2.75, 3.05) is 26.7 Å². The average Bonchev–Trinajstić information content (AvgIpc) is 3.28. The molecular formula is C17H26N2O2. The number of rotatable bonds is 9. The molecule has 1 fully saturated rings. The molecule has 2 rings (SSSR count). The van der Waals surface area contributed by atoms with Gasteiger partial charge in [-0.1, -0.05) is 37.3 Å². The molecule has 1 aromatic carbocycles. The Morgan fingerprint density at radius 3 is 2.57 bits per heavy atom. The highest BCUT2D eigenvalue weighted by atomic mass is 16.4. The van der Waals surface area contributed by atoms with E-state index in [2.05, 4.69) is 17.3 Å². The summed E-state index contributed by atoms with van der Waals surface area (Å²) in [7, 11) is 2.09. The van der Waals surface area contributed by atoms with Crippen molar-refractivity contribution < 1.29 is 9.90 Å². The predicted molar refractivity (Wildman–Crippen MR) is 84.3 cm³/mol. The summed E-state index contributed by atoms with van der Waals surface area (Å²) < 4.78 is 0.